The third-order valence-electron chi connectivity index (χ3n) is 3.56. The first-order valence-corrected chi connectivity index (χ1v) is 7.03. The van der Waals surface area contributed by atoms with Gasteiger partial charge in [-0.05, 0) is 49.4 Å². The second kappa shape index (κ2) is 5.49. The molecule has 1 aliphatic rings. The van der Waals surface area contributed by atoms with E-state index in [9.17, 15) is 9.18 Å². The number of hydrogen-bond acceptors (Lipinski definition) is 2. The van der Waals surface area contributed by atoms with Crippen LogP contribution in [0.3, 0.4) is 0 Å². The average molecular weight is 331 g/mol. The fraction of sp³-hybridized carbons (Fsp3) is 0.500. The molecule has 0 radical (unpaired) electrons. The van der Waals surface area contributed by atoms with Gasteiger partial charge >= 0.3 is 5.97 Å². The Morgan fingerprint density at radius 3 is 2.74 bits per heavy atom. The minimum atomic E-state index is -1.83. The average Bonchev–Trinajstić information content (AvgIpc) is 2.30. The molecule has 1 aromatic carbocycles. The summed E-state index contributed by atoms with van der Waals surface area (Å²) in [5, 5.41) is 9.07. The van der Waals surface area contributed by atoms with E-state index in [4.69, 9.17) is 9.84 Å². The first-order chi connectivity index (χ1) is 8.96. The molecule has 3 nitrogen and oxygen atoms in total. The second-order valence-corrected chi connectivity index (χ2v) is 6.00. The minimum absolute atomic E-state index is 0.380. The van der Waals surface area contributed by atoms with Crippen molar-refractivity contribution in [2.45, 2.75) is 37.7 Å². The van der Waals surface area contributed by atoms with Gasteiger partial charge in [-0.2, -0.15) is 0 Å². The zero-order valence-electron chi connectivity index (χ0n) is 10.7. The molecule has 1 N–H and O–H groups in total. The lowest BCUT2D eigenvalue weighted by atomic mass is 9.79. The number of alkyl halides is 1. The van der Waals surface area contributed by atoms with Gasteiger partial charge < -0.3 is 9.84 Å². The fourth-order valence-corrected chi connectivity index (χ4v) is 2.40. The molecule has 0 heterocycles. The van der Waals surface area contributed by atoms with Crippen molar-refractivity contribution in [2.75, 3.05) is 6.67 Å². The molecular formula is C14H16BrFO3. The summed E-state index contributed by atoms with van der Waals surface area (Å²) in [6.45, 7) is 0.185. The maximum absolute atomic E-state index is 13.0. The Morgan fingerprint density at radius 2 is 2.26 bits per heavy atom. The zero-order chi connectivity index (χ0) is 14.0. The van der Waals surface area contributed by atoms with Crippen molar-refractivity contribution >= 4 is 21.9 Å². The number of carbonyl (C=O) groups is 1. The van der Waals surface area contributed by atoms with Gasteiger partial charge in [0.2, 0.25) is 5.60 Å². The number of carboxylic acids is 1. The maximum atomic E-state index is 13.0. The van der Waals surface area contributed by atoms with Crippen LogP contribution < -0.4 is 4.74 Å². The summed E-state index contributed by atoms with van der Waals surface area (Å²) in [4.78, 5) is 11.1. The van der Waals surface area contributed by atoms with E-state index in [1.165, 1.54) is 6.92 Å². The van der Waals surface area contributed by atoms with Crippen LogP contribution >= 0.6 is 15.9 Å². The minimum Gasteiger partial charge on any atom is -0.478 e. The topological polar surface area (TPSA) is 46.5 Å². The van der Waals surface area contributed by atoms with Crippen molar-refractivity contribution in [3.05, 3.63) is 28.2 Å². The van der Waals surface area contributed by atoms with E-state index in [-0.39, 0.29) is 0 Å². The van der Waals surface area contributed by atoms with Crippen molar-refractivity contribution in [1.82, 2.24) is 0 Å². The van der Waals surface area contributed by atoms with E-state index in [2.05, 4.69) is 15.9 Å². The molecule has 104 valence electrons. The Morgan fingerprint density at radius 1 is 1.58 bits per heavy atom. The Hall–Kier alpha value is -1.10. The van der Waals surface area contributed by atoms with Crippen LogP contribution in [0.2, 0.25) is 0 Å². The molecular weight excluding hydrogens is 315 g/mol. The molecule has 0 aromatic heterocycles. The quantitative estimate of drug-likeness (QED) is 0.890. The van der Waals surface area contributed by atoms with E-state index in [0.717, 1.165) is 29.3 Å². The molecule has 2 rings (SSSR count). The summed E-state index contributed by atoms with van der Waals surface area (Å²) in [5.41, 5.74) is -0.867. The summed E-state index contributed by atoms with van der Waals surface area (Å²) in [5.74, 6) is -0.446. The number of aliphatic carboxylic acids is 1. The van der Waals surface area contributed by atoms with Crippen molar-refractivity contribution in [3.8, 4) is 5.75 Å². The van der Waals surface area contributed by atoms with Gasteiger partial charge in [0, 0.05) is 4.47 Å². The van der Waals surface area contributed by atoms with Gasteiger partial charge in [-0.15, -0.1) is 0 Å². The van der Waals surface area contributed by atoms with Gasteiger partial charge in [0.05, 0.1) is 0 Å². The monoisotopic (exact) mass is 330 g/mol. The summed E-state index contributed by atoms with van der Waals surface area (Å²) >= 11 is 3.40. The Bertz CT molecular complexity index is 488. The van der Waals surface area contributed by atoms with Crippen LogP contribution in [0.1, 0.15) is 37.7 Å². The van der Waals surface area contributed by atoms with E-state index < -0.39 is 18.2 Å². The van der Waals surface area contributed by atoms with Gasteiger partial charge in [-0.3, -0.25) is 0 Å². The summed E-state index contributed by atoms with van der Waals surface area (Å²) in [7, 11) is 0. The van der Waals surface area contributed by atoms with E-state index in [1.807, 2.05) is 6.07 Å². The van der Waals surface area contributed by atoms with E-state index in [0.29, 0.717) is 11.7 Å². The first-order valence-electron chi connectivity index (χ1n) is 6.24. The number of halogens is 2. The zero-order valence-corrected chi connectivity index (χ0v) is 12.2. The van der Waals surface area contributed by atoms with Crippen molar-refractivity contribution in [2.24, 2.45) is 0 Å². The lowest BCUT2D eigenvalue weighted by Crippen LogP contribution is -2.44. The first kappa shape index (κ1) is 14.3. The van der Waals surface area contributed by atoms with Crippen LogP contribution in [0, 0.1) is 0 Å². The van der Waals surface area contributed by atoms with Gasteiger partial charge in [-0.25, -0.2) is 9.18 Å². The molecule has 0 amide bonds. The van der Waals surface area contributed by atoms with Crippen LogP contribution in [0.4, 0.5) is 4.39 Å². The second-order valence-electron chi connectivity index (χ2n) is 5.08. The molecule has 0 spiro atoms. The molecule has 1 aliphatic carbocycles. The molecule has 1 unspecified atom stereocenters. The fourth-order valence-electron chi connectivity index (χ4n) is 2.02. The third kappa shape index (κ3) is 2.91. The molecule has 0 bridgehead atoms. The Labute approximate surface area is 119 Å². The third-order valence-corrected chi connectivity index (χ3v) is 4.05. The molecule has 5 heteroatoms. The van der Waals surface area contributed by atoms with Crippen molar-refractivity contribution in [1.29, 1.82) is 0 Å². The normalized spacial score (nSPS) is 18.5. The standard InChI is InChI=1S/C14H16BrFO3/c1-14(8-16,13(17)18)19-12-6-5-10(15)7-11(12)9-3-2-4-9/h5-7,9H,2-4,8H2,1H3,(H,17,18). The predicted octanol–water partition coefficient (Wildman–Crippen LogP) is 3.91. The highest BCUT2D eigenvalue weighted by atomic mass is 79.9. The highest BCUT2D eigenvalue weighted by Crippen LogP contribution is 2.42. The van der Waals surface area contributed by atoms with Gasteiger partial charge in [0.1, 0.15) is 12.4 Å². The molecule has 1 fully saturated rings. The Kier molecular flexibility index (Phi) is 4.13. The molecule has 1 saturated carbocycles. The van der Waals surface area contributed by atoms with Crippen LogP contribution in [0.15, 0.2) is 22.7 Å². The number of hydrogen-bond donors (Lipinski definition) is 1. The number of ether oxygens (including phenoxy) is 1. The Balaban J connectivity index is 2.31. The molecule has 0 aliphatic heterocycles. The smallest absolute Gasteiger partial charge is 0.350 e. The number of carboxylic acid groups (broad SMARTS) is 1. The van der Waals surface area contributed by atoms with Crippen molar-refractivity contribution < 1.29 is 19.0 Å². The maximum Gasteiger partial charge on any atom is 0.350 e. The van der Waals surface area contributed by atoms with Crippen LogP contribution in [-0.2, 0) is 4.79 Å². The highest BCUT2D eigenvalue weighted by Gasteiger charge is 2.37. The van der Waals surface area contributed by atoms with E-state index in [1.54, 1.807) is 12.1 Å². The lowest BCUT2D eigenvalue weighted by molar-refractivity contribution is -0.155. The van der Waals surface area contributed by atoms with E-state index >= 15 is 0 Å². The van der Waals surface area contributed by atoms with Crippen molar-refractivity contribution in [3.63, 3.8) is 0 Å². The summed E-state index contributed by atoms with van der Waals surface area (Å²) in [6, 6.07) is 5.41. The highest BCUT2D eigenvalue weighted by molar-refractivity contribution is 9.10. The summed E-state index contributed by atoms with van der Waals surface area (Å²) in [6.07, 6.45) is 3.29. The van der Waals surface area contributed by atoms with Gasteiger partial charge in [0.15, 0.2) is 0 Å². The molecule has 1 aromatic rings. The number of benzene rings is 1. The largest absolute Gasteiger partial charge is 0.478 e. The molecule has 19 heavy (non-hydrogen) atoms. The van der Waals surface area contributed by atoms with Crippen LogP contribution in [0.25, 0.3) is 0 Å². The van der Waals surface area contributed by atoms with Gasteiger partial charge in [0.25, 0.3) is 0 Å². The lowest BCUT2D eigenvalue weighted by Gasteiger charge is -2.31. The SMILES string of the molecule is CC(CF)(Oc1ccc(Br)cc1C1CCC1)C(=O)O. The molecule has 1 atom stereocenters. The van der Waals surface area contributed by atoms with Crippen LogP contribution in [0.5, 0.6) is 5.75 Å². The van der Waals surface area contributed by atoms with Gasteiger partial charge in [-0.1, -0.05) is 22.4 Å². The molecule has 0 saturated heterocycles. The summed E-state index contributed by atoms with van der Waals surface area (Å²) < 4.78 is 19.3. The predicted molar refractivity (Wildman–Crippen MR) is 73.4 cm³/mol. The number of rotatable bonds is 5. The van der Waals surface area contributed by atoms with Crippen LogP contribution in [-0.4, -0.2) is 23.4 Å².